The molecular weight excluding hydrogens is 316 g/mol. The van der Waals surface area contributed by atoms with Crippen molar-refractivity contribution >= 4 is 11.6 Å². The molecule has 2 aromatic heterocycles. The highest BCUT2D eigenvalue weighted by Crippen LogP contribution is 2.20. The summed E-state index contributed by atoms with van der Waals surface area (Å²) in [6.45, 7) is 4.44. The molecule has 0 aliphatic carbocycles. The van der Waals surface area contributed by atoms with Gasteiger partial charge in [0.05, 0.1) is 6.04 Å². The van der Waals surface area contributed by atoms with E-state index in [1.54, 1.807) is 6.20 Å². The van der Waals surface area contributed by atoms with Gasteiger partial charge in [0.1, 0.15) is 12.2 Å². The van der Waals surface area contributed by atoms with Gasteiger partial charge >= 0.3 is 0 Å². The molecule has 0 unspecified atom stereocenters. The maximum Gasteiger partial charge on any atom is 0.252 e. The number of amides is 1. The summed E-state index contributed by atoms with van der Waals surface area (Å²) in [4.78, 5) is 20.8. The molecule has 0 radical (unpaired) electrons. The number of H-pyrrole nitrogens is 1. The van der Waals surface area contributed by atoms with Crippen LogP contribution in [0.25, 0.3) is 0 Å². The molecule has 0 saturated carbocycles. The maximum atomic E-state index is 12.6. The van der Waals surface area contributed by atoms with Gasteiger partial charge in [0, 0.05) is 30.2 Å². The molecule has 0 aliphatic heterocycles. The van der Waals surface area contributed by atoms with E-state index in [0.29, 0.717) is 17.9 Å². The highest BCUT2D eigenvalue weighted by atomic mass is 16.1. The molecule has 3 aromatic rings. The smallest absolute Gasteiger partial charge is 0.252 e. The molecule has 0 aliphatic rings. The lowest BCUT2D eigenvalue weighted by atomic mass is 10.1. The Hall–Kier alpha value is -3.22. The fraction of sp³-hybridized carbons (Fsp3) is 0.222. The molecule has 128 valence electrons. The third-order valence-corrected chi connectivity index (χ3v) is 3.98. The van der Waals surface area contributed by atoms with E-state index in [4.69, 9.17) is 0 Å². The first-order chi connectivity index (χ1) is 12.1. The van der Waals surface area contributed by atoms with Crippen molar-refractivity contribution in [2.45, 2.75) is 26.4 Å². The third kappa shape index (κ3) is 4.00. The molecule has 1 aromatic carbocycles. The molecule has 7 nitrogen and oxygen atoms in total. The minimum atomic E-state index is -0.249. The summed E-state index contributed by atoms with van der Waals surface area (Å²) in [5, 5.41) is 12.9. The predicted molar refractivity (Wildman–Crippen MR) is 95.0 cm³/mol. The van der Waals surface area contributed by atoms with Gasteiger partial charge in [-0.1, -0.05) is 12.1 Å². The minimum absolute atomic E-state index is 0.147. The van der Waals surface area contributed by atoms with Crippen LogP contribution in [-0.2, 0) is 6.54 Å². The highest BCUT2D eigenvalue weighted by Gasteiger charge is 2.16. The molecule has 1 atom stereocenters. The zero-order valence-corrected chi connectivity index (χ0v) is 14.2. The molecule has 0 fully saturated rings. The summed E-state index contributed by atoms with van der Waals surface area (Å²) < 4.78 is 0. The van der Waals surface area contributed by atoms with Crippen LogP contribution in [0, 0.1) is 6.92 Å². The number of carbonyl (C=O) groups is 1. The lowest BCUT2D eigenvalue weighted by molar-refractivity contribution is 0.0938. The van der Waals surface area contributed by atoms with Crippen LogP contribution in [0.1, 0.15) is 40.3 Å². The van der Waals surface area contributed by atoms with Gasteiger partial charge in [0.25, 0.3) is 5.91 Å². The lowest BCUT2D eigenvalue weighted by Gasteiger charge is -2.15. The first-order valence-electron chi connectivity index (χ1n) is 8.03. The Labute approximate surface area is 145 Å². The Bertz CT molecular complexity index is 832. The number of carbonyl (C=O) groups excluding carboxylic acids is 1. The fourth-order valence-electron chi connectivity index (χ4n) is 2.54. The van der Waals surface area contributed by atoms with Gasteiger partial charge in [-0.2, -0.15) is 5.10 Å². The van der Waals surface area contributed by atoms with Crippen molar-refractivity contribution in [1.29, 1.82) is 0 Å². The zero-order chi connectivity index (χ0) is 17.6. The van der Waals surface area contributed by atoms with Crippen LogP contribution in [0.2, 0.25) is 0 Å². The number of aromatic amines is 1. The van der Waals surface area contributed by atoms with Gasteiger partial charge in [0.2, 0.25) is 0 Å². The van der Waals surface area contributed by atoms with E-state index >= 15 is 0 Å². The third-order valence-electron chi connectivity index (χ3n) is 3.98. The predicted octanol–water partition coefficient (Wildman–Crippen LogP) is 2.61. The molecule has 0 spiro atoms. The summed E-state index contributed by atoms with van der Waals surface area (Å²) >= 11 is 0. The number of anilines is 1. The topological polar surface area (TPSA) is 95.6 Å². The molecule has 3 rings (SSSR count). The van der Waals surface area contributed by atoms with Crippen molar-refractivity contribution in [3.8, 4) is 0 Å². The van der Waals surface area contributed by atoms with E-state index in [0.717, 1.165) is 16.8 Å². The normalized spacial score (nSPS) is 11.8. The largest absolute Gasteiger partial charge is 0.381 e. The Morgan fingerprint density at radius 2 is 2.16 bits per heavy atom. The van der Waals surface area contributed by atoms with Crippen LogP contribution in [-0.4, -0.2) is 26.1 Å². The summed E-state index contributed by atoms with van der Waals surface area (Å²) in [6, 6.07) is 9.30. The van der Waals surface area contributed by atoms with E-state index < -0.39 is 0 Å². The van der Waals surface area contributed by atoms with Crippen LogP contribution in [0.15, 0.2) is 49.1 Å². The van der Waals surface area contributed by atoms with E-state index in [9.17, 15) is 4.79 Å². The SMILES string of the molecule is Cc1c(NCc2cccnc2)cccc1C(=O)N[C@H](C)c1ncn[nH]1. The molecule has 7 heteroatoms. The van der Waals surface area contributed by atoms with Crippen molar-refractivity contribution < 1.29 is 4.79 Å². The minimum Gasteiger partial charge on any atom is -0.381 e. The van der Waals surface area contributed by atoms with Gasteiger partial charge in [0.15, 0.2) is 0 Å². The molecule has 0 bridgehead atoms. The zero-order valence-electron chi connectivity index (χ0n) is 14.2. The second-order valence-electron chi connectivity index (χ2n) is 5.76. The van der Waals surface area contributed by atoms with Crippen LogP contribution in [0.3, 0.4) is 0 Å². The molecular formula is C18H20N6O. The van der Waals surface area contributed by atoms with Gasteiger partial charge in [-0.05, 0) is 43.2 Å². The first kappa shape index (κ1) is 16.6. The Balaban J connectivity index is 1.70. The number of nitrogens with one attached hydrogen (secondary N) is 3. The van der Waals surface area contributed by atoms with Crippen LogP contribution < -0.4 is 10.6 Å². The lowest BCUT2D eigenvalue weighted by Crippen LogP contribution is -2.28. The van der Waals surface area contributed by atoms with E-state index in [-0.39, 0.29) is 11.9 Å². The molecule has 1 amide bonds. The average molecular weight is 336 g/mol. The fourth-order valence-corrected chi connectivity index (χ4v) is 2.54. The number of hydrogen-bond donors (Lipinski definition) is 3. The van der Waals surface area contributed by atoms with Crippen molar-refractivity contribution in [2.24, 2.45) is 0 Å². The molecule has 0 saturated heterocycles. The van der Waals surface area contributed by atoms with Gasteiger partial charge < -0.3 is 10.6 Å². The summed E-state index contributed by atoms with van der Waals surface area (Å²) in [5.74, 6) is 0.475. The van der Waals surface area contributed by atoms with Crippen LogP contribution in [0.4, 0.5) is 5.69 Å². The summed E-state index contributed by atoms with van der Waals surface area (Å²) in [6.07, 6.45) is 4.99. The maximum absolute atomic E-state index is 12.6. The Kier molecular flexibility index (Phi) is 5.03. The second kappa shape index (κ2) is 7.57. The van der Waals surface area contributed by atoms with Crippen molar-refractivity contribution in [3.63, 3.8) is 0 Å². The molecule has 25 heavy (non-hydrogen) atoms. The number of pyridine rings is 1. The van der Waals surface area contributed by atoms with Gasteiger partial charge in [-0.25, -0.2) is 4.98 Å². The number of rotatable bonds is 6. The monoisotopic (exact) mass is 336 g/mol. The Morgan fingerprint density at radius 3 is 2.88 bits per heavy atom. The van der Waals surface area contributed by atoms with Crippen LogP contribution in [0.5, 0.6) is 0 Å². The standard InChI is InChI=1S/C18H20N6O/c1-12-15(18(25)23-13(2)17-21-11-22-24-17)6-3-7-16(12)20-10-14-5-4-8-19-9-14/h3-9,11,13,20H,10H2,1-2H3,(H,23,25)(H,21,22,24)/t13-/m1/s1. The van der Waals surface area contributed by atoms with Crippen molar-refractivity contribution in [1.82, 2.24) is 25.5 Å². The molecule has 2 heterocycles. The number of hydrogen-bond acceptors (Lipinski definition) is 5. The summed E-state index contributed by atoms with van der Waals surface area (Å²) in [7, 11) is 0. The van der Waals surface area contributed by atoms with Crippen LogP contribution >= 0.6 is 0 Å². The van der Waals surface area contributed by atoms with Crippen molar-refractivity contribution in [2.75, 3.05) is 5.32 Å². The van der Waals surface area contributed by atoms with Crippen molar-refractivity contribution in [3.05, 3.63) is 71.6 Å². The Morgan fingerprint density at radius 1 is 1.28 bits per heavy atom. The van der Waals surface area contributed by atoms with Gasteiger partial charge in [-0.15, -0.1) is 0 Å². The average Bonchev–Trinajstić information content (AvgIpc) is 3.16. The number of benzene rings is 1. The number of nitrogens with zero attached hydrogens (tertiary/aromatic N) is 3. The van der Waals surface area contributed by atoms with E-state index in [1.807, 2.05) is 50.4 Å². The van der Waals surface area contributed by atoms with E-state index in [1.165, 1.54) is 6.33 Å². The number of aromatic nitrogens is 4. The van der Waals surface area contributed by atoms with Gasteiger partial charge in [-0.3, -0.25) is 14.9 Å². The second-order valence-corrected chi connectivity index (χ2v) is 5.76. The first-order valence-corrected chi connectivity index (χ1v) is 8.03. The quantitative estimate of drug-likeness (QED) is 0.643. The summed E-state index contributed by atoms with van der Waals surface area (Å²) in [5.41, 5.74) is 3.52. The highest BCUT2D eigenvalue weighted by molar-refractivity contribution is 5.97. The van der Waals surface area contributed by atoms with E-state index in [2.05, 4.69) is 30.8 Å². The molecule has 3 N–H and O–H groups in total.